The molecule has 1 aliphatic rings. The lowest BCUT2D eigenvalue weighted by molar-refractivity contribution is -0.305. The Morgan fingerprint density at radius 2 is 1.28 bits per heavy atom. The Morgan fingerprint density at radius 1 is 0.753 bits per heavy atom. The number of aryl methyl sites for hydroxylation is 4. The van der Waals surface area contributed by atoms with Gasteiger partial charge in [0.05, 0.1) is 25.9 Å². The average Bonchev–Trinajstić information content (AvgIpc) is 4.34. The molecule has 0 radical (unpaired) electrons. The van der Waals surface area contributed by atoms with Gasteiger partial charge in [-0.25, -0.2) is 19.2 Å². The molecular formula is C57H64IN5O18. The topological polar surface area (TPSA) is 325 Å². The number of esters is 2. The fraction of sp³-hybridized carbons (Fsp3) is 0.404. The van der Waals surface area contributed by atoms with Gasteiger partial charge >= 0.3 is 23.2 Å². The van der Waals surface area contributed by atoms with Crippen LogP contribution in [-0.4, -0.2) is 121 Å². The van der Waals surface area contributed by atoms with Crippen LogP contribution in [0.1, 0.15) is 111 Å². The van der Waals surface area contributed by atoms with Crippen LogP contribution < -0.4 is 31.4 Å². The van der Waals surface area contributed by atoms with Crippen LogP contribution in [-0.2, 0) is 23.7 Å². The summed E-state index contributed by atoms with van der Waals surface area (Å²) in [6.07, 6.45) is -6.00. The highest BCUT2D eigenvalue weighted by Crippen LogP contribution is 2.41. The second kappa shape index (κ2) is 23.1. The molecule has 24 heteroatoms. The molecule has 6 heterocycles. The van der Waals surface area contributed by atoms with Crippen molar-refractivity contribution in [2.45, 2.75) is 129 Å². The Bertz CT molecular complexity index is 3700. The summed E-state index contributed by atoms with van der Waals surface area (Å²) in [6.45, 7) is 19.2. The first kappa shape index (κ1) is 59.5. The molecule has 3 unspecified atom stereocenters. The highest BCUT2D eigenvalue weighted by Gasteiger charge is 2.53. The van der Waals surface area contributed by atoms with Gasteiger partial charge in [-0.2, -0.15) is 0 Å². The molecule has 23 nitrogen and oxygen atoms in total. The maximum Gasteiger partial charge on any atom is 0.364 e. The van der Waals surface area contributed by atoms with E-state index in [1.165, 1.54) is 45.4 Å². The van der Waals surface area contributed by atoms with Crippen LogP contribution in [0.2, 0.25) is 0 Å². The van der Waals surface area contributed by atoms with E-state index in [9.17, 15) is 44.1 Å². The van der Waals surface area contributed by atoms with Crippen LogP contribution in [0.15, 0.2) is 73.2 Å². The number of aliphatic hydroxyl groups is 1. The first-order chi connectivity index (χ1) is 38.1. The standard InChI is InChI=1S/C57H64IN5O18/c1-23-14-18-32(60-23)51(69)79-45(47(73-12)56(7,8)9)36(58)28(6)75-34-20-16-29-40(64)38(53(71)77-43(29)26(34)4)62-49(67)31-22-59-37(25(31)3)50(68)63-39-41(65)30-17-21-35(27(5)44(30)78-54(39)72)76-55-42(66)46(48(74-13)57(10,11)81-55)80-52(70)33-19-15-24(2)61-33/h14-22,28,36,42,45-48,55,59-61,64-66H,1-13H3,(H,62,67)(H,63,68)/t28-,36?,42+,45?,46?,47-,48-,55-/m1/s1. The van der Waals surface area contributed by atoms with Crippen LogP contribution in [0, 0.1) is 40.0 Å². The van der Waals surface area contributed by atoms with E-state index in [1.807, 2.05) is 27.7 Å². The minimum absolute atomic E-state index is 0.0169. The lowest BCUT2D eigenvalue weighted by Crippen LogP contribution is -2.65. The molecule has 1 aliphatic heterocycles. The average molecular weight is 1230 g/mol. The number of alkyl halides is 1. The number of rotatable bonds is 17. The Kier molecular flexibility index (Phi) is 16.9. The number of hydrogen-bond acceptors (Lipinski definition) is 18. The van der Waals surface area contributed by atoms with Crippen LogP contribution in [0.4, 0.5) is 11.4 Å². The fourth-order valence-corrected chi connectivity index (χ4v) is 10.6. The first-order valence-corrected chi connectivity index (χ1v) is 26.8. The minimum atomic E-state index is -1.58. The van der Waals surface area contributed by atoms with Crippen LogP contribution in [0.25, 0.3) is 21.9 Å². The Morgan fingerprint density at radius 3 is 1.80 bits per heavy atom. The van der Waals surface area contributed by atoms with Gasteiger partial charge in [0, 0.05) is 42.9 Å². The molecule has 432 valence electrons. The predicted octanol–water partition coefficient (Wildman–Crippen LogP) is 8.31. The number of hydrogen-bond donors (Lipinski definition) is 8. The number of carbonyl (C=O) groups excluding carboxylic acids is 4. The molecule has 2 amide bonds. The molecule has 8 atom stereocenters. The number of fused-ring (bicyclic) bond motifs is 2. The summed E-state index contributed by atoms with van der Waals surface area (Å²) >= 11 is 2.16. The van der Waals surface area contributed by atoms with E-state index in [1.54, 1.807) is 72.1 Å². The van der Waals surface area contributed by atoms with Gasteiger partial charge in [-0.15, -0.1) is 0 Å². The van der Waals surface area contributed by atoms with Gasteiger partial charge in [0.25, 0.3) is 11.8 Å². The minimum Gasteiger partial charge on any atom is -0.505 e. The van der Waals surface area contributed by atoms with E-state index in [0.29, 0.717) is 11.3 Å². The van der Waals surface area contributed by atoms with E-state index >= 15 is 0 Å². The number of aliphatic hydroxyl groups excluding tert-OH is 1. The Labute approximate surface area is 477 Å². The third-order valence-corrected chi connectivity index (χ3v) is 15.9. The number of methoxy groups -OCH3 is 2. The normalized spacial score (nSPS) is 18.7. The van der Waals surface area contributed by atoms with Crippen molar-refractivity contribution >= 4 is 79.7 Å². The summed E-state index contributed by atoms with van der Waals surface area (Å²) < 4.78 is 52.8. The van der Waals surface area contributed by atoms with Crippen molar-refractivity contribution in [2.24, 2.45) is 5.41 Å². The van der Waals surface area contributed by atoms with Gasteiger partial charge in [0.1, 0.15) is 64.2 Å². The molecular weight excluding hydrogens is 1170 g/mol. The van der Waals surface area contributed by atoms with E-state index in [2.05, 4.69) is 48.2 Å². The zero-order valence-corrected chi connectivity index (χ0v) is 48.8. The number of aromatic hydroxyl groups is 2. The number of halogens is 1. The van der Waals surface area contributed by atoms with Crippen LogP contribution in [0.3, 0.4) is 0 Å². The maximum absolute atomic E-state index is 13.8. The number of H-pyrrole nitrogens is 3. The first-order valence-electron chi connectivity index (χ1n) is 25.6. The van der Waals surface area contributed by atoms with Gasteiger partial charge in [-0.1, -0.05) is 43.4 Å². The molecule has 0 spiro atoms. The summed E-state index contributed by atoms with van der Waals surface area (Å²) in [6, 6.07) is 12.4. The lowest BCUT2D eigenvalue weighted by Gasteiger charge is -2.47. The molecule has 0 saturated carbocycles. The van der Waals surface area contributed by atoms with Crippen LogP contribution >= 0.6 is 22.6 Å². The van der Waals surface area contributed by atoms with E-state index in [-0.39, 0.29) is 61.5 Å². The molecule has 7 aromatic rings. The summed E-state index contributed by atoms with van der Waals surface area (Å²) in [4.78, 5) is 89.5. The van der Waals surface area contributed by atoms with Crippen molar-refractivity contribution in [2.75, 3.05) is 24.9 Å². The smallest absolute Gasteiger partial charge is 0.364 e. The monoisotopic (exact) mass is 1230 g/mol. The van der Waals surface area contributed by atoms with Gasteiger partial charge in [-0.05, 0) is 115 Å². The van der Waals surface area contributed by atoms with E-state index < -0.39 is 116 Å². The van der Waals surface area contributed by atoms with Crippen molar-refractivity contribution in [3.63, 3.8) is 0 Å². The molecule has 5 aromatic heterocycles. The molecule has 2 aromatic carbocycles. The van der Waals surface area contributed by atoms with Gasteiger partial charge in [-0.3, -0.25) is 9.59 Å². The van der Waals surface area contributed by atoms with Gasteiger partial charge < -0.3 is 82.9 Å². The second-order valence-electron chi connectivity index (χ2n) is 21.5. The number of aromatic nitrogens is 3. The molecule has 8 N–H and O–H groups in total. The second-order valence-corrected chi connectivity index (χ2v) is 22.9. The summed E-state index contributed by atoms with van der Waals surface area (Å²) in [7, 11) is 2.93. The molecule has 1 saturated heterocycles. The summed E-state index contributed by atoms with van der Waals surface area (Å²) in [5, 5.41) is 39.1. The van der Waals surface area contributed by atoms with Crippen molar-refractivity contribution in [1.82, 2.24) is 15.0 Å². The summed E-state index contributed by atoms with van der Waals surface area (Å²) in [5.41, 5.74) is -3.11. The third kappa shape index (κ3) is 11.8. The number of amides is 2. The predicted molar refractivity (Wildman–Crippen MR) is 303 cm³/mol. The molecule has 0 aliphatic carbocycles. The SMILES string of the molecule is CO[C@H](C(OC(=O)c1ccc(C)[nH]1)C(I)[C@@H](C)Oc1ccc2c(O)c(NC(=O)c3c[nH]c(C(=O)Nc4c(O)c5ccc(O[C@@H]6OC(C)(C)[C@H](OC)C(OC(=O)c7ccc(C)[nH]7)[C@@H]6O)c(C)c5oc4=O)c3C)c(=O)oc2c1C)C(C)(C)C. The third-order valence-electron chi connectivity index (χ3n) is 14.2. The number of carbonyl (C=O) groups is 4. The highest BCUT2D eigenvalue weighted by atomic mass is 127. The highest BCUT2D eigenvalue weighted by molar-refractivity contribution is 14.1. The lowest BCUT2D eigenvalue weighted by atomic mass is 9.84. The number of anilines is 2. The summed E-state index contributed by atoms with van der Waals surface area (Å²) in [5.74, 6) is -4.12. The van der Waals surface area contributed by atoms with Crippen molar-refractivity contribution in [1.29, 1.82) is 0 Å². The quantitative estimate of drug-likeness (QED) is 0.0184. The van der Waals surface area contributed by atoms with Crippen molar-refractivity contribution in [3.05, 3.63) is 126 Å². The van der Waals surface area contributed by atoms with Crippen molar-refractivity contribution < 1.29 is 76.5 Å². The zero-order chi connectivity index (χ0) is 59.3. The molecule has 0 bridgehead atoms. The van der Waals surface area contributed by atoms with E-state index in [0.717, 1.165) is 11.4 Å². The van der Waals surface area contributed by atoms with Crippen molar-refractivity contribution in [3.8, 4) is 23.0 Å². The Balaban J connectivity index is 0.962. The maximum atomic E-state index is 13.8. The largest absolute Gasteiger partial charge is 0.505 e. The van der Waals surface area contributed by atoms with Crippen LogP contribution in [0.5, 0.6) is 23.0 Å². The van der Waals surface area contributed by atoms with Gasteiger partial charge in [0.2, 0.25) is 6.29 Å². The van der Waals surface area contributed by atoms with Gasteiger partial charge in [0.15, 0.2) is 35.1 Å². The number of aromatic amines is 3. The number of nitrogens with one attached hydrogen (secondary N) is 5. The fourth-order valence-electron chi connectivity index (χ4n) is 9.89. The molecule has 81 heavy (non-hydrogen) atoms. The number of benzene rings is 2. The number of ether oxygens (including phenoxy) is 7. The molecule has 8 rings (SSSR count). The molecule has 1 fully saturated rings. The zero-order valence-electron chi connectivity index (χ0n) is 46.7. The van der Waals surface area contributed by atoms with E-state index in [4.69, 9.17) is 42.0 Å². The Hall–Kier alpha value is -7.65.